The van der Waals surface area contributed by atoms with Gasteiger partial charge in [0.2, 0.25) is 0 Å². The zero-order chi connectivity index (χ0) is 16.4. The standard InChI is InChI=1S/C15H20NO5P/c1-3-20-22(19,21-4-2)13-7-5-6-8-14-9-11-15(12-10-14)16(17)18/h9-12H,3-5,7,13H2,1-2H3. The van der Waals surface area contributed by atoms with Crippen molar-refractivity contribution in [2.45, 2.75) is 26.7 Å². The van der Waals surface area contributed by atoms with Gasteiger partial charge in [-0.05, 0) is 32.4 Å². The van der Waals surface area contributed by atoms with E-state index in [-0.39, 0.29) is 5.69 Å². The van der Waals surface area contributed by atoms with Crippen molar-refractivity contribution < 1.29 is 18.5 Å². The van der Waals surface area contributed by atoms with E-state index in [1.165, 1.54) is 12.1 Å². The molecule has 1 aromatic rings. The Hall–Kier alpha value is -1.67. The molecule has 0 aliphatic carbocycles. The van der Waals surface area contributed by atoms with Crippen molar-refractivity contribution in [3.05, 3.63) is 39.9 Å². The highest BCUT2D eigenvalue weighted by atomic mass is 31.2. The van der Waals surface area contributed by atoms with Crippen molar-refractivity contribution in [1.82, 2.24) is 0 Å². The summed E-state index contributed by atoms with van der Waals surface area (Å²) in [6.07, 6.45) is 1.50. The van der Waals surface area contributed by atoms with Gasteiger partial charge >= 0.3 is 7.60 Å². The topological polar surface area (TPSA) is 78.7 Å². The second-order valence-corrected chi connectivity index (χ2v) is 6.56. The lowest BCUT2D eigenvalue weighted by atomic mass is 10.2. The van der Waals surface area contributed by atoms with E-state index in [1.54, 1.807) is 26.0 Å². The normalized spacial score (nSPS) is 10.8. The lowest BCUT2D eigenvalue weighted by molar-refractivity contribution is -0.384. The first-order valence-corrected chi connectivity index (χ1v) is 8.85. The second kappa shape index (κ2) is 9.37. The minimum atomic E-state index is -2.99. The summed E-state index contributed by atoms with van der Waals surface area (Å²) >= 11 is 0. The largest absolute Gasteiger partial charge is 0.330 e. The summed E-state index contributed by atoms with van der Waals surface area (Å²) in [5, 5.41) is 10.5. The van der Waals surface area contributed by atoms with Crippen molar-refractivity contribution in [1.29, 1.82) is 0 Å². The lowest BCUT2D eigenvalue weighted by Crippen LogP contribution is -2.00. The highest BCUT2D eigenvalue weighted by molar-refractivity contribution is 7.53. The van der Waals surface area contributed by atoms with Crippen molar-refractivity contribution in [3.8, 4) is 11.8 Å². The molecule has 7 heteroatoms. The number of nitrogens with zero attached hydrogens (tertiary/aromatic N) is 1. The summed E-state index contributed by atoms with van der Waals surface area (Å²) in [4.78, 5) is 10.1. The van der Waals surface area contributed by atoms with Crippen molar-refractivity contribution >= 4 is 13.3 Å². The number of benzene rings is 1. The van der Waals surface area contributed by atoms with Crippen molar-refractivity contribution in [2.75, 3.05) is 19.4 Å². The van der Waals surface area contributed by atoms with Crippen LogP contribution in [0.2, 0.25) is 0 Å². The van der Waals surface area contributed by atoms with Crippen LogP contribution in [0.25, 0.3) is 0 Å². The van der Waals surface area contributed by atoms with Crippen LogP contribution in [-0.4, -0.2) is 24.3 Å². The molecule has 0 unspecified atom stereocenters. The molecule has 22 heavy (non-hydrogen) atoms. The molecule has 6 nitrogen and oxygen atoms in total. The zero-order valence-corrected chi connectivity index (χ0v) is 13.7. The average molecular weight is 325 g/mol. The van der Waals surface area contributed by atoms with Crippen LogP contribution in [0.15, 0.2) is 24.3 Å². The highest BCUT2D eigenvalue weighted by Gasteiger charge is 2.22. The second-order valence-electron chi connectivity index (χ2n) is 4.38. The summed E-state index contributed by atoms with van der Waals surface area (Å²) < 4.78 is 22.6. The molecule has 120 valence electrons. The number of nitro groups is 1. The zero-order valence-electron chi connectivity index (χ0n) is 12.8. The fourth-order valence-electron chi connectivity index (χ4n) is 1.75. The quantitative estimate of drug-likeness (QED) is 0.237. The maximum Gasteiger partial charge on any atom is 0.330 e. The maximum absolute atomic E-state index is 12.2. The SMILES string of the molecule is CCOP(=O)(CCCC#Cc1ccc([N+](=O)[O-])cc1)OCC. The Balaban J connectivity index is 2.47. The molecule has 0 spiro atoms. The van der Waals surface area contributed by atoms with Crippen LogP contribution in [0.5, 0.6) is 0 Å². The van der Waals surface area contributed by atoms with Crippen LogP contribution in [-0.2, 0) is 13.6 Å². The summed E-state index contributed by atoms with van der Waals surface area (Å²) in [7, 11) is -2.99. The molecule has 0 aromatic heterocycles. The van der Waals surface area contributed by atoms with E-state index in [4.69, 9.17) is 9.05 Å². The predicted molar refractivity (Wildman–Crippen MR) is 84.9 cm³/mol. The van der Waals surface area contributed by atoms with Gasteiger partial charge in [0.05, 0.1) is 24.3 Å². The maximum atomic E-state index is 12.2. The first kappa shape index (κ1) is 18.4. The molecular weight excluding hydrogens is 305 g/mol. The van der Waals surface area contributed by atoms with E-state index in [0.29, 0.717) is 37.8 Å². The third-order valence-corrected chi connectivity index (χ3v) is 4.86. The molecule has 0 radical (unpaired) electrons. The highest BCUT2D eigenvalue weighted by Crippen LogP contribution is 2.48. The molecule has 0 atom stereocenters. The molecule has 0 N–H and O–H groups in total. The van der Waals surface area contributed by atoms with Gasteiger partial charge in [-0.1, -0.05) is 11.8 Å². The minimum absolute atomic E-state index is 0.0416. The third-order valence-electron chi connectivity index (χ3n) is 2.70. The monoisotopic (exact) mass is 325 g/mol. The molecular formula is C15H20NO5P. The molecule has 1 rings (SSSR count). The summed E-state index contributed by atoms with van der Waals surface area (Å²) in [6, 6.07) is 6.05. The first-order valence-electron chi connectivity index (χ1n) is 7.12. The molecule has 0 saturated heterocycles. The van der Waals surface area contributed by atoms with Gasteiger partial charge in [0.25, 0.3) is 5.69 Å². The molecule has 0 heterocycles. The Labute approximate surface area is 130 Å². The molecule has 1 aromatic carbocycles. The van der Waals surface area contributed by atoms with Gasteiger partial charge < -0.3 is 9.05 Å². The van der Waals surface area contributed by atoms with E-state index in [9.17, 15) is 14.7 Å². The number of hydrogen-bond donors (Lipinski definition) is 0. The molecule has 0 saturated carbocycles. The van der Waals surface area contributed by atoms with Crippen LogP contribution >= 0.6 is 7.60 Å². The van der Waals surface area contributed by atoms with Crippen LogP contribution < -0.4 is 0 Å². The number of rotatable bonds is 8. The first-order chi connectivity index (χ1) is 10.5. The number of unbranched alkanes of at least 4 members (excludes halogenated alkanes) is 1. The van der Waals surface area contributed by atoms with Gasteiger partial charge in [-0.25, -0.2) is 0 Å². The van der Waals surface area contributed by atoms with E-state index < -0.39 is 12.5 Å². The minimum Gasteiger partial charge on any atom is -0.309 e. The van der Waals surface area contributed by atoms with Crippen LogP contribution in [0.1, 0.15) is 32.3 Å². The van der Waals surface area contributed by atoms with Crippen LogP contribution in [0, 0.1) is 22.0 Å². The van der Waals surface area contributed by atoms with Crippen molar-refractivity contribution in [3.63, 3.8) is 0 Å². The van der Waals surface area contributed by atoms with Crippen LogP contribution in [0.3, 0.4) is 0 Å². The number of nitro benzene ring substituents is 1. The molecule has 0 aliphatic heterocycles. The Morgan fingerprint density at radius 1 is 1.18 bits per heavy atom. The van der Waals surface area contributed by atoms with Crippen molar-refractivity contribution in [2.24, 2.45) is 0 Å². The molecule has 0 amide bonds. The van der Waals surface area contributed by atoms with E-state index in [0.717, 1.165) is 0 Å². The van der Waals surface area contributed by atoms with E-state index in [2.05, 4.69) is 11.8 Å². The average Bonchev–Trinajstić information content (AvgIpc) is 2.48. The Morgan fingerprint density at radius 2 is 1.77 bits per heavy atom. The molecule has 0 bridgehead atoms. The Bertz CT molecular complexity index is 578. The lowest BCUT2D eigenvalue weighted by Gasteiger charge is -2.15. The summed E-state index contributed by atoms with van der Waals surface area (Å²) in [5.41, 5.74) is 0.753. The van der Waals surface area contributed by atoms with Gasteiger partial charge in [0, 0.05) is 24.1 Å². The molecule has 0 aliphatic rings. The number of non-ortho nitro benzene ring substituents is 1. The predicted octanol–water partition coefficient (Wildman–Crippen LogP) is 3.99. The fourth-order valence-corrected chi connectivity index (χ4v) is 3.42. The van der Waals surface area contributed by atoms with E-state index in [1.807, 2.05) is 0 Å². The summed E-state index contributed by atoms with van der Waals surface area (Å²) in [5.74, 6) is 5.87. The Morgan fingerprint density at radius 3 is 2.27 bits per heavy atom. The third kappa shape index (κ3) is 6.40. The number of hydrogen-bond acceptors (Lipinski definition) is 5. The van der Waals surface area contributed by atoms with Gasteiger partial charge in [-0.3, -0.25) is 14.7 Å². The van der Waals surface area contributed by atoms with Gasteiger partial charge in [0.1, 0.15) is 0 Å². The van der Waals surface area contributed by atoms with E-state index >= 15 is 0 Å². The Kier molecular flexibility index (Phi) is 7.83. The van der Waals surface area contributed by atoms with Gasteiger partial charge in [0.15, 0.2) is 0 Å². The van der Waals surface area contributed by atoms with Gasteiger partial charge in [-0.2, -0.15) is 0 Å². The molecule has 0 fully saturated rings. The van der Waals surface area contributed by atoms with Gasteiger partial charge in [-0.15, -0.1) is 0 Å². The fraction of sp³-hybridized carbons (Fsp3) is 0.467. The smallest absolute Gasteiger partial charge is 0.309 e. The van der Waals surface area contributed by atoms with Crippen LogP contribution in [0.4, 0.5) is 5.69 Å². The summed E-state index contributed by atoms with van der Waals surface area (Å²) in [6.45, 7) is 4.26.